The molecule has 1 heterocycles. The van der Waals surface area contributed by atoms with Crippen LogP contribution < -0.4 is 0 Å². The molecule has 1 aliphatic rings. The lowest BCUT2D eigenvalue weighted by Gasteiger charge is -2.28. The first-order valence-electron chi connectivity index (χ1n) is 4.67. The Bertz CT molecular complexity index is 112. The highest BCUT2D eigenvalue weighted by molar-refractivity contribution is 4.64. The van der Waals surface area contributed by atoms with Crippen LogP contribution >= 0.6 is 0 Å². The summed E-state index contributed by atoms with van der Waals surface area (Å²) in [6, 6.07) is 0. The smallest absolute Gasteiger partial charge is 0.155 e. The molecular formula is C9H18O3. The van der Waals surface area contributed by atoms with Crippen molar-refractivity contribution >= 4 is 0 Å². The summed E-state index contributed by atoms with van der Waals surface area (Å²) >= 11 is 0. The Balaban J connectivity index is 1.91. The molecule has 0 radical (unpaired) electrons. The zero-order valence-electron chi connectivity index (χ0n) is 7.91. The molecule has 1 rings (SSSR count). The van der Waals surface area contributed by atoms with E-state index in [2.05, 4.69) is 6.92 Å². The standard InChI is InChI=1S/C9H18O3/c1-3-4-5-11-8(2)12-9-6-10-7-9/h8-9H,3-7H2,1-2H3. The Morgan fingerprint density at radius 1 is 1.50 bits per heavy atom. The van der Waals surface area contributed by atoms with Gasteiger partial charge in [0.2, 0.25) is 0 Å². The molecule has 12 heavy (non-hydrogen) atoms. The van der Waals surface area contributed by atoms with Crippen molar-refractivity contribution in [2.75, 3.05) is 19.8 Å². The Morgan fingerprint density at radius 3 is 2.75 bits per heavy atom. The van der Waals surface area contributed by atoms with E-state index < -0.39 is 0 Å². The minimum Gasteiger partial charge on any atom is -0.376 e. The second-order valence-corrected chi connectivity index (χ2v) is 3.09. The van der Waals surface area contributed by atoms with Crippen LogP contribution in [0, 0.1) is 0 Å². The van der Waals surface area contributed by atoms with E-state index in [1.165, 1.54) is 6.42 Å². The van der Waals surface area contributed by atoms with Crippen LogP contribution in [0.5, 0.6) is 0 Å². The molecule has 0 bridgehead atoms. The van der Waals surface area contributed by atoms with Gasteiger partial charge in [-0.2, -0.15) is 0 Å². The van der Waals surface area contributed by atoms with Crippen LogP contribution in [0.1, 0.15) is 26.7 Å². The summed E-state index contributed by atoms with van der Waals surface area (Å²) in [7, 11) is 0. The van der Waals surface area contributed by atoms with Crippen molar-refractivity contribution in [3.05, 3.63) is 0 Å². The number of ether oxygens (including phenoxy) is 3. The third-order valence-corrected chi connectivity index (χ3v) is 1.84. The van der Waals surface area contributed by atoms with E-state index in [1.807, 2.05) is 6.92 Å². The first kappa shape index (κ1) is 9.96. The van der Waals surface area contributed by atoms with Crippen LogP contribution in [0.15, 0.2) is 0 Å². The molecular weight excluding hydrogens is 156 g/mol. The molecule has 0 saturated carbocycles. The molecule has 1 fully saturated rings. The Labute approximate surface area is 74.0 Å². The van der Waals surface area contributed by atoms with Gasteiger partial charge in [-0.3, -0.25) is 0 Å². The normalized spacial score (nSPS) is 20.5. The molecule has 3 heteroatoms. The molecule has 1 aliphatic heterocycles. The van der Waals surface area contributed by atoms with E-state index in [0.29, 0.717) is 0 Å². The summed E-state index contributed by atoms with van der Waals surface area (Å²) < 4.78 is 15.9. The predicted octanol–water partition coefficient (Wildman–Crippen LogP) is 1.56. The second-order valence-electron chi connectivity index (χ2n) is 3.09. The van der Waals surface area contributed by atoms with Crippen molar-refractivity contribution in [1.82, 2.24) is 0 Å². The second kappa shape index (κ2) is 5.51. The van der Waals surface area contributed by atoms with Gasteiger partial charge < -0.3 is 14.2 Å². The van der Waals surface area contributed by atoms with Crippen LogP contribution in [0.4, 0.5) is 0 Å². The van der Waals surface area contributed by atoms with Gasteiger partial charge in [0.25, 0.3) is 0 Å². The van der Waals surface area contributed by atoms with Gasteiger partial charge >= 0.3 is 0 Å². The molecule has 1 atom stereocenters. The summed E-state index contributed by atoms with van der Waals surface area (Å²) in [5.74, 6) is 0. The average molecular weight is 174 g/mol. The first-order chi connectivity index (χ1) is 5.83. The van der Waals surface area contributed by atoms with Crippen LogP contribution in [0.3, 0.4) is 0 Å². The highest BCUT2D eigenvalue weighted by atomic mass is 16.7. The van der Waals surface area contributed by atoms with E-state index >= 15 is 0 Å². The van der Waals surface area contributed by atoms with Crippen molar-refractivity contribution in [3.8, 4) is 0 Å². The lowest BCUT2D eigenvalue weighted by Crippen LogP contribution is -2.39. The lowest BCUT2D eigenvalue weighted by molar-refractivity contribution is -0.221. The molecule has 0 spiro atoms. The number of rotatable bonds is 6. The van der Waals surface area contributed by atoms with Gasteiger partial charge in [-0.25, -0.2) is 0 Å². The third-order valence-electron chi connectivity index (χ3n) is 1.84. The van der Waals surface area contributed by atoms with Crippen molar-refractivity contribution in [3.63, 3.8) is 0 Å². The molecule has 1 saturated heterocycles. The van der Waals surface area contributed by atoms with Crippen LogP contribution in [0.2, 0.25) is 0 Å². The Morgan fingerprint density at radius 2 is 2.25 bits per heavy atom. The van der Waals surface area contributed by atoms with Crippen molar-refractivity contribution in [2.45, 2.75) is 39.1 Å². The Hall–Kier alpha value is -0.120. The van der Waals surface area contributed by atoms with Gasteiger partial charge in [-0.15, -0.1) is 0 Å². The SMILES string of the molecule is CCCCOC(C)OC1COC1. The average Bonchev–Trinajstić information content (AvgIpc) is 1.98. The zero-order valence-corrected chi connectivity index (χ0v) is 7.91. The molecule has 0 N–H and O–H groups in total. The number of hydrogen-bond acceptors (Lipinski definition) is 3. The molecule has 0 aromatic heterocycles. The minimum absolute atomic E-state index is 0.0783. The Kier molecular flexibility index (Phi) is 4.58. The number of hydrogen-bond donors (Lipinski definition) is 0. The molecule has 0 amide bonds. The van der Waals surface area contributed by atoms with E-state index in [-0.39, 0.29) is 12.4 Å². The van der Waals surface area contributed by atoms with Crippen LogP contribution in [0.25, 0.3) is 0 Å². The maximum absolute atomic E-state index is 5.49. The van der Waals surface area contributed by atoms with Crippen molar-refractivity contribution in [1.29, 1.82) is 0 Å². The molecule has 1 unspecified atom stereocenters. The third kappa shape index (κ3) is 3.52. The molecule has 0 aromatic rings. The molecule has 3 nitrogen and oxygen atoms in total. The molecule has 0 aliphatic carbocycles. The van der Waals surface area contributed by atoms with E-state index in [9.17, 15) is 0 Å². The van der Waals surface area contributed by atoms with Gasteiger partial charge in [0.1, 0.15) is 6.10 Å². The largest absolute Gasteiger partial charge is 0.376 e. The quantitative estimate of drug-likeness (QED) is 0.452. The van der Waals surface area contributed by atoms with Gasteiger partial charge in [0.15, 0.2) is 6.29 Å². The zero-order chi connectivity index (χ0) is 8.81. The topological polar surface area (TPSA) is 27.7 Å². The number of unbranched alkanes of at least 4 members (excludes halogenated alkanes) is 1. The maximum Gasteiger partial charge on any atom is 0.155 e. The van der Waals surface area contributed by atoms with E-state index in [0.717, 1.165) is 26.2 Å². The van der Waals surface area contributed by atoms with Gasteiger partial charge in [-0.1, -0.05) is 13.3 Å². The van der Waals surface area contributed by atoms with E-state index in [1.54, 1.807) is 0 Å². The lowest BCUT2D eigenvalue weighted by atomic mass is 10.3. The summed E-state index contributed by atoms with van der Waals surface area (Å²) in [6.45, 7) is 6.33. The maximum atomic E-state index is 5.49. The summed E-state index contributed by atoms with van der Waals surface area (Å²) in [6.07, 6.45) is 2.46. The monoisotopic (exact) mass is 174 g/mol. The van der Waals surface area contributed by atoms with Crippen molar-refractivity contribution in [2.24, 2.45) is 0 Å². The fourth-order valence-electron chi connectivity index (χ4n) is 0.997. The van der Waals surface area contributed by atoms with Crippen LogP contribution in [-0.4, -0.2) is 32.2 Å². The van der Waals surface area contributed by atoms with E-state index in [4.69, 9.17) is 14.2 Å². The van der Waals surface area contributed by atoms with Gasteiger partial charge in [0, 0.05) is 6.61 Å². The van der Waals surface area contributed by atoms with Gasteiger partial charge in [-0.05, 0) is 13.3 Å². The van der Waals surface area contributed by atoms with Crippen molar-refractivity contribution < 1.29 is 14.2 Å². The first-order valence-corrected chi connectivity index (χ1v) is 4.67. The highest BCUT2D eigenvalue weighted by Crippen LogP contribution is 2.09. The highest BCUT2D eigenvalue weighted by Gasteiger charge is 2.21. The predicted molar refractivity (Wildman–Crippen MR) is 46.0 cm³/mol. The molecule has 0 aromatic carbocycles. The van der Waals surface area contributed by atoms with Gasteiger partial charge in [0.05, 0.1) is 13.2 Å². The van der Waals surface area contributed by atoms with Crippen LogP contribution in [-0.2, 0) is 14.2 Å². The molecule has 72 valence electrons. The summed E-state index contributed by atoms with van der Waals surface area (Å²) in [5, 5.41) is 0. The fourth-order valence-corrected chi connectivity index (χ4v) is 0.997. The fraction of sp³-hybridized carbons (Fsp3) is 1.00. The summed E-state index contributed by atoms with van der Waals surface area (Å²) in [4.78, 5) is 0. The minimum atomic E-state index is -0.0783. The summed E-state index contributed by atoms with van der Waals surface area (Å²) in [5.41, 5.74) is 0.